The average molecular weight is 325 g/mol. The van der Waals surface area contributed by atoms with Crippen LogP contribution in [0.25, 0.3) is 6.08 Å². The second-order valence-electron chi connectivity index (χ2n) is 7.40. The van der Waals surface area contributed by atoms with Crippen molar-refractivity contribution in [1.29, 1.82) is 0 Å². The maximum absolute atomic E-state index is 10.7. The van der Waals surface area contributed by atoms with Crippen molar-refractivity contribution >= 4 is 11.8 Å². The Morgan fingerprint density at radius 3 is 2.46 bits per heavy atom. The van der Waals surface area contributed by atoms with Crippen molar-refractivity contribution in [2.24, 2.45) is 5.41 Å². The number of hydrogen-bond acceptors (Lipinski definition) is 3. The molecule has 24 heavy (non-hydrogen) atoms. The van der Waals surface area contributed by atoms with Crippen molar-refractivity contribution < 1.29 is 9.66 Å². The Morgan fingerprint density at radius 2 is 1.79 bits per heavy atom. The third kappa shape index (κ3) is 3.14. The van der Waals surface area contributed by atoms with E-state index in [4.69, 9.17) is 4.74 Å². The lowest BCUT2D eigenvalue weighted by Gasteiger charge is -2.47. The van der Waals surface area contributed by atoms with E-state index >= 15 is 0 Å². The SMILES string of the molecule is CC1(C)CCCC2(C)OC(/C=C/c3ccc([N+](=O)[O-])cc3)=CC=C12. The van der Waals surface area contributed by atoms with E-state index in [1.807, 2.05) is 18.2 Å². The molecule has 3 rings (SSSR count). The monoisotopic (exact) mass is 325 g/mol. The molecule has 1 aromatic carbocycles. The van der Waals surface area contributed by atoms with Crippen LogP contribution >= 0.6 is 0 Å². The summed E-state index contributed by atoms with van der Waals surface area (Å²) in [5.74, 6) is 0.831. The molecule has 0 bridgehead atoms. The van der Waals surface area contributed by atoms with Crippen LogP contribution in [0.4, 0.5) is 5.69 Å². The summed E-state index contributed by atoms with van der Waals surface area (Å²) in [6, 6.07) is 6.51. The number of rotatable bonds is 3. The fourth-order valence-corrected chi connectivity index (χ4v) is 3.80. The lowest BCUT2D eigenvalue weighted by atomic mass is 9.65. The van der Waals surface area contributed by atoms with Gasteiger partial charge in [0.1, 0.15) is 11.4 Å². The van der Waals surface area contributed by atoms with E-state index in [-0.39, 0.29) is 16.7 Å². The molecule has 0 N–H and O–H groups in total. The minimum Gasteiger partial charge on any atom is -0.483 e. The molecular weight excluding hydrogens is 302 g/mol. The number of fused-ring (bicyclic) bond motifs is 1. The van der Waals surface area contributed by atoms with E-state index in [2.05, 4.69) is 26.8 Å². The van der Waals surface area contributed by atoms with Gasteiger partial charge >= 0.3 is 0 Å². The molecule has 1 saturated carbocycles. The summed E-state index contributed by atoms with van der Waals surface area (Å²) in [5, 5.41) is 10.7. The minimum absolute atomic E-state index is 0.102. The Morgan fingerprint density at radius 1 is 1.08 bits per heavy atom. The van der Waals surface area contributed by atoms with Crippen molar-refractivity contribution in [1.82, 2.24) is 0 Å². The van der Waals surface area contributed by atoms with Crippen molar-refractivity contribution in [3.05, 3.63) is 69.5 Å². The van der Waals surface area contributed by atoms with Crippen molar-refractivity contribution in [2.75, 3.05) is 0 Å². The Bertz CT molecular complexity index is 741. The second kappa shape index (κ2) is 5.93. The van der Waals surface area contributed by atoms with Gasteiger partial charge in [-0.3, -0.25) is 10.1 Å². The fourth-order valence-electron chi connectivity index (χ4n) is 3.80. The molecule has 1 aliphatic heterocycles. The topological polar surface area (TPSA) is 52.4 Å². The summed E-state index contributed by atoms with van der Waals surface area (Å²) in [4.78, 5) is 10.3. The van der Waals surface area contributed by atoms with E-state index in [1.54, 1.807) is 12.1 Å². The van der Waals surface area contributed by atoms with E-state index in [0.29, 0.717) is 0 Å². The summed E-state index contributed by atoms with van der Waals surface area (Å²) in [5.41, 5.74) is 2.33. The van der Waals surface area contributed by atoms with E-state index in [9.17, 15) is 10.1 Å². The first kappa shape index (κ1) is 16.5. The van der Waals surface area contributed by atoms with Crippen LogP contribution in [0, 0.1) is 15.5 Å². The molecule has 1 aromatic rings. The third-order valence-electron chi connectivity index (χ3n) is 5.06. The normalized spacial score (nSPS) is 25.5. The van der Waals surface area contributed by atoms with Gasteiger partial charge in [-0.15, -0.1) is 0 Å². The molecule has 1 aliphatic carbocycles. The largest absolute Gasteiger partial charge is 0.483 e. The number of nitro groups is 1. The molecule has 0 saturated heterocycles. The highest BCUT2D eigenvalue weighted by Crippen LogP contribution is 2.49. The third-order valence-corrected chi connectivity index (χ3v) is 5.06. The van der Waals surface area contributed by atoms with Gasteiger partial charge in [0, 0.05) is 12.1 Å². The summed E-state index contributed by atoms with van der Waals surface area (Å²) >= 11 is 0. The number of allylic oxidation sites excluding steroid dienone is 3. The summed E-state index contributed by atoms with van der Waals surface area (Å²) in [6.07, 6.45) is 11.5. The predicted octanol–water partition coefficient (Wildman–Crippen LogP) is 5.42. The van der Waals surface area contributed by atoms with Crippen molar-refractivity contribution in [2.45, 2.75) is 45.6 Å². The zero-order valence-corrected chi connectivity index (χ0v) is 14.4. The number of hydrogen-bond donors (Lipinski definition) is 0. The van der Waals surface area contributed by atoms with Crippen molar-refractivity contribution in [3.8, 4) is 0 Å². The van der Waals surface area contributed by atoms with Gasteiger partial charge in [-0.05, 0) is 67.0 Å². The summed E-state index contributed by atoms with van der Waals surface area (Å²) in [7, 11) is 0. The zero-order valence-electron chi connectivity index (χ0n) is 14.4. The van der Waals surface area contributed by atoms with Crippen LogP contribution in [0.1, 0.15) is 45.6 Å². The first-order chi connectivity index (χ1) is 11.3. The predicted molar refractivity (Wildman–Crippen MR) is 95.4 cm³/mol. The first-order valence-electron chi connectivity index (χ1n) is 8.35. The number of non-ortho nitro benzene ring substituents is 1. The van der Waals surface area contributed by atoms with Gasteiger partial charge in [-0.1, -0.05) is 26.0 Å². The molecule has 0 aromatic heterocycles. The van der Waals surface area contributed by atoms with Gasteiger partial charge in [-0.2, -0.15) is 0 Å². The second-order valence-corrected chi connectivity index (χ2v) is 7.40. The lowest BCUT2D eigenvalue weighted by molar-refractivity contribution is -0.384. The van der Waals surface area contributed by atoms with Crippen LogP contribution in [0.2, 0.25) is 0 Å². The maximum Gasteiger partial charge on any atom is 0.269 e. The van der Waals surface area contributed by atoms with Crippen LogP contribution in [0.3, 0.4) is 0 Å². The molecule has 126 valence electrons. The van der Waals surface area contributed by atoms with Crippen LogP contribution in [0.15, 0.2) is 53.8 Å². The highest BCUT2D eigenvalue weighted by atomic mass is 16.6. The van der Waals surface area contributed by atoms with Crippen LogP contribution in [-0.2, 0) is 4.74 Å². The zero-order chi connectivity index (χ0) is 17.4. The van der Waals surface area contributed by atoms with E-state index < -0.39 is 4.92 Å². The number of benzene rings is 1. The molecule has 4 heteroatoms. The number of nitro benzene ring substituents is 1. The van der Waals surface area contributed by atoms with Gasteiger partial charge < -0.3 is 4.74 Å². The number of nitrogens with zero attached hydrogens (tertiary/aromatic N) is 1. The van der Waals surface area contributed by atoms with Crippen LogP contribution < -0.4 is 0 Å². The van der Waals surface area contributed by atoms with E-state index in [1.165, 1.54) is 30.5 Å². The molecule has 0 spiro atoms. The highest BCUT2D eigenvalue weighted by Gasteiger charge is 2.44. The van der Waals surface area contributed by atoms with Crippen LogP contribution in [0.5, 0.6) is 0 Å². The molecule has 0 radical (unpaired) electrons. The fraction of sp³-hybridized carbons (Fsp3) is 0.400. The van der Waals surface area contributed by atoms with Gasteiger partial charge in [-0.25, -0.2) is 0 Å². The molecule has 1 heterocycles. The number of ether oxygens (including phenoxy) is 1. The van der Waals surface area contributed by atoms with Crippen molar-refractivity contribution in [3.63, 3.8) is 0 Å². The summed E-state index contributed by atoms with van der Waals surface area (Å²) < 4.78 is 6.29. The Kier molecular flexibility index (Phi) is 4.08. The Labute approximate surface area is 142 Å². The molecule has 0 amide bonds. The minimum atomic E-state index is -0.391. The molecule has 1 atom stereocenters. The average Bonchev–Trinajstić information content (AvgIpc) is 2.52. The highest BCUT2D eigenvalue weighted by molar-refractivity contribution is 5.55. The van der Waals surface area contributed by atoms with Gasteiger partial charge in [0.15, 0.2) is 0 Å². The quantitative estimate of drug-likeness (QED) is 0.551. The molecule has 4 nitrogen and oxygen atoms in total. The Balaban J connectivity index is 1.80. The Hall–Kier alpha value is -2.36. The first-order valence-corrected chi connectivity index (χ1v) is 8.35. The summed E-state index contributed by atoms with van der Waals surface area (Å²) in [6.45, 7) is 6.74. The van der Waals surface area contributed by atoms with Gasteiger partial charge in [0.05, 0.1) is 4.92 Å². The molecular formula is C20H23NO3. The van der Waals surface area contributed by atoms with Gasteiger partial charge in [0.2, 0.25) is 0 Å². The smallest absolute Gasteiger partial charge is 0.269 e. The standard InChI is InChI=1S/C20H23NO3/c1-19(2)13-4-14-20(3)18(19)12-11-17(24-20)10-7-15-5-8-16(9-6-15)21(22)23/h5-12H,4,13-14H2,1-3H3/b10-7+. The molecule has 1 fully saturated rings. The lowest BCUT2D eigenvalue weighted by Crippen LogP contribution is -2.42. The maximum atomic E-state index is 10.7. The van der Waals surface area contributed by atoms with Crippen LogP contribution in [-0.4, -0.2) is 10.5 Å². The van der Waals surface area contributed by atoms with Gasteiger partial charge in [0.25, 0.3) is 5.69 Å². The molecule has 2 aliphatic rings. The van der Waals surface area contributed by atoms with E-state index in [0.717, 1.165) is 17.7 Å². The molecule has 1 unspecified atom stereocenters.